The number of amides is 3. The topological polar surface area (TPSA) is 126 Å². The van der Waals surface area contributed by atoms with Crippen LogP contribution in [0.4, 0.5) is 5.69 Å². The van der Waals surface area contributed by atoms with Crippen molar-refractivity contribution in [3.63, 3.8) is 0 Å². The van der Waals surface area contributed by atoms with Crippen molar-refractivity contribution < 1.29 is 18.9 Å². The summed E-state index contributed by atoms with van der Waals surface area (Å²) in [6.45, 7) is 1.72. The van der Waals surface area contributed by atoms with Gasteiger partial charge in [-0.15, -0.1) is 0 Å². The van der Waals surface area contributed by atoms with Crippen LogP contribution >= 0.6 is 0 Å². The molecule has 0 bridgehead atoms. The van der Waals surface area contributed by atoms with E-state index < -0.39 is 23.8 Å². The third-order valence-corrected chi connectivity index (χ3v) is 3.45. The normalized spacial score (nSPS) is 16.6. The molecule has 3 amide bonds. The Labute approximate surface area is 136 Å². The number of hydrogen-bond acceptors (Lipinski definition) is 6. The number of fused-ring (bicyclic) bond motifs is 1. The molecule has 9 heteroatoms. The number of carbonyl (C=O) groups excluding carboxylic acids is 3. The first-order valence-electron chi connectivity index (χ1n) is 7.29. The molecular weight excluding hydrogens is 314 g/mol. The highest BCUT2D eigenvalue weighted by molar-refractivity contribution is 6.10. The summed E-state index contributed by atoms with van der Waals surface area (Å²) in [6.07, 6.45) is -0.196. The lowest BCUT2D eigenvalue weighted by Crippen LogP contribution is -2.44. The lowest BCUT2D eigenvalue weighted by Gasteiger charge is -2.13. The van der Waals surface area contributed by atoms with E-state index >= 15 is 0 Å². The molecule has 3 N–H and O–H groups in total. The second-order valence-corrected chi connectivity index (χ2v) is 5.28. The molecule has 124 valence electrons. The molecule has 1 aromatic carbocycles. The molecule has 2 heterocycles. The number of benzene rings is 1. The van der Waals surface area contributed by atoms with E-state index in [1.165, 1.54) is 0 Å². The van der Waals surface area contributed by atoms with Crippen LogP contribution < -0.4 is 16.0 Å². The second kappa shape index (κ2) is 6.49. The zero-order valence-corrected chi connectivity index (χ0v) is 12.8. The van der Waals surface area contributed by atoms with Gasteiger partial charge in [0.05, 0.1) is 24.2 Å². The van der Waals surface area contributed by atoms with Crippen LogP contribution in [0.25, 0.3) is 0 Å². The summed E-state index contributed by atoms with van der Waals surface area (Å²) in [5, 5.41) is 11.4. The minimum Gasteiger partial charge on any atom is -0.347 e. The van der Waals surface area contributed by atoms with Crippen molar-refractivity contribution in [1.82, 2.24) is 20.8 Å². The van der Waals surface area contributed by atoms with Gasteiger partial charge in [-0.3, -0.25) is 14.4 Å². The van der Waals surface area contributed by atoms with Crippen molar-refractivity contribution in [3.8, 4) is 0 Å². The van der Waals surface area contributed by atoms with Gasteiger partial charge in [0.15, 0.2) is 5.82 Å². The lowest BCUT2D eigenvalue weighted by molar-refractivity contribution is -0.125. The molecule has 3 rings (SSSR count). The first-order chi connectivity index (χ1) is 11.5. The van der Waals surface area contributed by atoms with Gasteiger partial charge in [-0.2, -0.15) is 4.98 Å². The Hall–Kier alpha value is -3.23. The summed E-state index contributed by atoms with van der Waals surface area (Å²) in [7, 11) is 0. The fourth-order valence-electron chi connectivity index (χ4n) is 2.30. The summed E-state index contributed by atoms with van der Waals surface area (Å²) < 4.78 is 4.88. The number of aromatic nitrogens is 2. The van der Waals surface area contributed by atoms with Crippen molar-refractivity contribution in [2.45, 2.75) is 25.9 Å². The maximum atomic E-state index is 12.2. The van der Waals surface area contributed by atoms with Gasteiger partial charge in [-0.1, -0.05) is 17.3 Å². The van der Waals surface area contributed by atoms with Crippen molar-refractivity contribution in [1.29, 1.82) is 0 Å². The van der Waals surface area contributed by atoms with E-state index in [4.69, 9.17) is 4.52 Å². The van der Waals surface area contributed by atoms with Gasteiger partial charge in [0.2, 0.25) is 17.7 Å². The fraction of sp³-hybridized carbons (Fsp3) is 0.267. The summed E-state index contributed by atoms with van der Waals surface area (Å²) in [5.41, 5.74) is 0.777. The van der Waals surface area contributed by atoms with Crippen LogP contribution in [-0.2, 0) is 16.1 Å². The zero-order chi connectivity index (χ0) is 17.1. The third kappa shape index (κ3) is 3.40. The molecule has 1 aliphatic heterocycles. The Kier molecular flexibility index (Phi) is 4.23. The van der Waals surface area contributed by atoms with Crippen LogP contribution in [0.1, 0.15) is 28.5 Å². The van der Waals surface area contributed by atoms with E-state index in [9.17, 15) is 14.4 Å². The maximum Gasteiger partial charge on any atom is 0.254 e. The van der Waals surface area contributed by atoms with Gasteiger partial charge in [0.25, 0.3) is 5.91 Å². The fourth-order valence-corrected chi connectivity index (χ4v) is 2.30. The Morgan fingerprint density at radius 3 is 2.88 bits per heavy atom. The van der Waals surface area contributed by atoms with Crippen molar-refractivity contribution in [2.24, 2.45) is 0 Å². The molecule has 0 unspecified atom stereocenters. The van der Waals surface area contributed by atoms with Gasteiger partial charge in [-0.25, -0.2) is 0 Å². The van der Waals surface area contributed by atoms with E-state index in [-0.39, 0.29) is 18.9 Å². The summed E-state index contributed by atoms with van der Waals surface area (Å²) >= 11 is 0. The number of nitrogens with zero attached hydrogens (tertiary/aromatic N) is 2. The molecule has 0 radical (unpaired) electrons. The van der Waals surface area contributed by atoms with Crippen LogP contribution in [0.2, 0.25) is 0 Å². The summed E-state index contributed by atoms with van der Waals surface area (Å²) in [4.78, 5) is 40.3. The van der Waals surface area contributed by atoms with Crippen molar-refractivity contribution >= 4 is 23.4 Å². The smallest absolute Gasteiger partial charge is 0.254 e. The van der Waals surface area contributed by atoms with Crippen LogP contribution in [-0.4, -0.2) is 33.9 Å². The molecule has 0 saturated heterocycles. The molecule has 2 aromatic rings. The third-order valence-electron chi connectivity index (χ3n) is 3.45. The highest BCUT2D eigenvalue weighted by atomic mass is 16.5. The van der Waals surface area contributed by atoms with Gasteiger partial charge in [0, 0.05) is 0 Å². The highest BCUT2D eigenvalue weighted by Gasteiger charge is 2.29. The lowest BCUT2D eigenvalue weighted by atomic mass is 10.1. The van der Waals surface area contributed by atoms with E-state index in [0.717, 1.165) is 0 Å². The Bertz CT molecular complexity index is 801. The number of rotatable bonds is 4. The van der Waals surface area contributed by atoms with E-state index in [1.54, 1.807) is 31.2 Å². The number of anilines is 1. The minimum absolute atomic E-state index is 0.0577. The number of hydrogen-bond donors (Lipinski definition) is 3. The molecule has 1 aliphatic rings. The van der Waals surface area contributed by atoms with Gasteiger partial charge >= 0.3 is 0 Å². The molecular formula is C15H15N5O4. The van der Waals surface area contributed by atoms with E-state index in [2.05, 4.69) is 26.1 Å². The molecule has 1 aromatic heterocycles. The molecule has 0 spiro atoms. The van der Waals surface area contributed by atoms with Crippen molar-refractivity contribution in [3.05, 3.63) is 41.5 Å². The Balaban J connectivity index is 1.62. The Morgan fingerprint density at radius 1 is 1.33 bits per heavy atom. The number of para-hydroxylation sites is 1. The predicted molar refractivity (Wildman–Crippen MR) is 81.8 cm³/mol. The average Bonchev–Trinajstić information content (AvgIpc) is 2.93. The van der Waals surface area contributed by atoms with Crippen LogP contribution in [0, 0.1) is 6.92 Å². The van der Waals surface area contributed by atoms with Gasteiger partial charge < -0.3 is 20.5 Å². The van der Waals surface area contributed by atoms with Gasteiger partial charge in [0.1, 0.15) is 6.04 Å². The molecule has 0 aliphatic carbocycles. The monoisotopic (exact) mass is 329 g/mol. The van der Waals surface area contributed by atoms with Crippen molar-refractivity contribution in [2.75, 3.05) is 5.32 Å². The van der Waals surface area contributed by atoms with Crippen LogP contribution in [0.15, 0.2) is 28.8 Å². The maximum absolute atomic E-state index is 12.2. The standard InChI is InChI=1S/C15H15N5O4/c1-8-17-13(24-20-8)7-16-12(21)6-11-15(23)18-10-5-3-2-4-9(10)14(22)19-11/h2-5,11H,6-7H2,1H3,(H,16,21)(H,18,23)(H,19,22)/t11-/m1/s1. The molecule has 1 atom stereocenters. The minimum atomic E-state index is -0.964. The first-order valence-corrected chi connectivity index (χ1v) is 7.29. The molecule has 9 nitrogen and oxygen atoms in total. The van der Waals surface area contributed by atoms with E-state index in [0.29, 0.717) is 17.1 Å². The zero-order valence-electron chi connectivity index (χ0n) is 12.8. The SMILES string of the molecule is Cc1noc(CNC(=O)C[C@H]2NC(=O)c3ccccc3NC2=O)n1. The molecule has 24 heavy (non-hydrogen) atoms. The van der Waals surface area contributed by atoms with Crippen LogP contribution in [0.5, 0.6) is 0 Å². The highest BCUT2D eigenvalue weighted by Crippen LogP contribution is 2.18. The quantitative estimate of drug-likeness (QED) is 0.732. The number of carbonyl (C=O) groups is 3. The predicted octanol–water partition coefficient (Wildman–Crippen LogP) is 0.135. The number of aryl methyl sites for hydroxylation is 1. The summed E-state index contributed by atoms with van der Waals surface area (Å²) in [6, 6.07) is 5.68. The number of nitrogens with one attached hydrogen (secondary N) is 3. The summed E-state index contributed by atoms with van der Waals surface area (Å²) in [5.74, 6) is -0.543. The van der Waals surface area contributed by atoms with Gasteiger partial charge in [-0.05, 0) is 19.1 Å². The Morgan fingerprint density at radius 2 is 2.12 bits per heavy atom. The largest absolute Gasteiger partial charge is 0.347 e. The van der Waals surface area contributed by atoms with E-state index in [1.807, 2.05) is 0 Å². The first kappa shape index (κ1) is 15.7. The molecule has 0 saturated carbocycles. The second-order valence-electron chi connectivity index (χ2n) is 5.28. The molecule has 0 fully saturated rings. The van der Waals surface area contributed by atoms with Crippen LogP contribution in [0.3, 0.4) is 0 Å². The average molecular weight is 329 g/mol.